The van der Waals surface area contributed by atoms with Gasteiger partial charge in [0.05, 0.1) is 12.4 Å². The molecule has 2 heterocycles. The normalized spacial score (nSPS) is 12.0. The lowest BCUT2D eigenvalue weighted by Crippen LogP contribution is -2.14. The van der Waals surface area contributed by atoms with Gasteiger partial charge in [-0.2, -0.15) is 5.10 Å². The number of aromatic nitrogens is 2. The Hall–Kier alpha value is -2.80. The van der Waals surface area contributed by atoms with E-state index in [4.69, 9.17) is 10.2 Å². The van der Waals surface area contributed by atoms with Crippen LogP contribution in [0, 0.1) is 0 Å². The molecule has 23 heavy (non-hydrogen) atoms. The zero-order valence-corrected chi connectivity index (χ0v) is 13.5. The molecule has 0 aliphatic carbocycles. The Labute approximate surface area is 140 Å². The van der Waals surface area contributed by atoms with E-state index >= 15 is 0 Å². The molecule has 1 aromatic carbocycles. The largest absolute Gasteiger partial charge is 0.455 e. The third-order valence-electron chi connectivity index (χ3n) is 2.93. The van der Waals surface area contributed by atoms with Crippen molar-refractivity contribution in [3.63, 3.8) is 0 Å². The highest BCUT2D eigenvalue weighted by molar-refractivity contribution is 9.10. The molecule has 0 saturated carbocycles. The van der Waals surface area contributed by atoms with Gasteiger partial charge in [-0.1, -0.05) is 28.1 Å². The third-order valence-corrected chi connectivity index (χ3v) is 3.46. The van der Waals surface area contributed by atoms with Crippen LogP contribution in [0.1, 0.15) is 11.5 Å². The molecule has 0 aliphatic rings. The molecule has 3 rings (SSSR count). The van der Waals surface area contributed by atoms with Crippen LogP contribution < -0.4 is 5.73 Å². The van der Waals surface area contributed by atoms with Crippen molar-refractivity contribution in [3.8, 4) is 11.3 Å². The smallest absolute Gasteiger partial charge is 0.173 e. The number of halogens is 1. The number of hydrogen-bond donors (Lipinski definition) is 1. The van der Waals surface area contributed by atoms with Crippen molar-refractivity contribution in [2.75, 3.05) is 0 Å². The SMILES string of the molecule is N/C(=N\N=C\c1ccc(-c2ccc(Br)cc2)o1)c1cnccn1. The van der Waals surface area contributed by atoms with E-state index in [0.717, 1.165) is 15.8 Å². The van der Waals surface area contributed by atoms with Gasteiger partial charge in [-0.25, -0.2) is 4.98 Å². The molecule has 3 aromatic rings. The molecule has 0 unspecified atom stereocenters. The summed E-state index contributed by atoms with van der Waals surface area (Å²) in [6.45, 7) is 0. The van der Waals surface area contributed by atoms with Crippen LogP contribution in [0.15, 0.2) is 74.1 Å². The van der Waals surface area contributed by atoms with E-state index in [1.165, 1.54) is 12.4 Å². The molecular formula is C16H12BrN5O. The van der Waals surface area contributed by atoms with Crippen molar-refractivity contribution in [1.29, 1.82) is 0 Å². The molecule has 0 saturated heterocycles. The maximum Gasteiger partial charge on any atom is 0.173 e. The number of nitrogens with zero attached hydrogens (tertiary/aromatic N) is 4. The number of benzene rings is 1. The van der Waals surface area contributed by atoms with Gasteiger partial charge < -0.3 is 10.2 Å². The summed E-state index contributed by atoms with van der Waals surface area (Å²) in [5, 5.41) is 7.79. The van der Waals surface area contributed by atoms with Crippen LogP contribution >= 0.6 is 15.9 Å². The minimum absolute atomic E-state index is 0.189. The molecule has 0 bridgehead atoms. The standard InChI is InChI=1S/C16H12BrN5O/c17-12-3-1-11(2-4-12)15-6-5-13(23-15)9-21-22-16(18)14-10-19-7-8-20-14/h1-10H,(H2,18,22)/b21-9+. The quantitative estimate of drug-likeness (QED) is 0.434. The van der Waals surface area contributed by atoms with Crippen molar-refractivity contribution >= 4 is 28.0 Å². The summed E-state index contributed by atoms with van der Waals surface area (Å²) in [7, 11) is 0. The maximum absolute atomic E-state index is 5.77. The molecule has 0 radical (unpaired) electrons. The topological polar surface area (TPSA) is 89.7 Å². The van der Waals surface area contributed by atoms with Gasteiger partial charge in [-0.05, 0) is 24.3 Å². The van der Waals surface area contributed by atoms with Gasteiger partial charge >= 0.3 is 0 Å². The summed E-state index contributed by atoms with van der Waals surface area (Å²) in [6.07, 6.45) is 6.11. The average molecular weight is 370 g/mol. The molecule has 7 heteroatoms. The minimum Gasteiger partial charge on any atom is -0.455 e. The molecule has 0 fully saturated rings. The van der Waals surface area contributed by atoms with E-state index in [2.05, 4.69) is 36.1 Å². The highest BCUT2D eigenvalue weighted by atomic mass is 79.9. The van der Waals surface area contributed by atoms with Crippen LogP contribution in [0.3, 0.4) is 0 Å². The summed E-state index contributed by atoms with van der Waals surface area (Å²) in [5.41, 5.74) is 7.22. The summed E-state index contributed by atoms with van der Waals surface area (Å²) in [4.78, 5) is 7.95. The molecule has 0 spiro atoms. The number of hydrogen-bond acceptors (Lipinski definition) is 5. The highest BCUT2D eigenvalue weighted by Crippen LogP contribution is 2.23. The fourth-order valence-corrected chi connectivity index (χ4v) is 2.09. The fraction of sp³-hybridized carbons (Fsp3) is 0. The Bertz CT molecular complexity index is 840. The summed E-state index contributed by atoms with van der Waals surface area (Å²) >= 11 is 3.40. The summed E-state index contributed by atoms with van der Waals surface area (Å²) in [6, 6.07) is 11.5. The van der Waals surface area contributed by atoms with Gasteiger partial charge in [-0.3, -0.25) is 4.98 Å². The first kappa shape index (κ1) is 15.1. The summed E-state index contributed by atoms with van der Waals surface area (Å²) in [5.74, 6) is 1.53. The highest BCUT2D eigenvalue weighted by Gasteiger charge is 2.03. The van der Waals surface area contributed by atoms with E-state index < -0.39 is 0 Å². The molecule has 6 nitrogen and oxygen atoms in total. The third kappa shape index (κ3) is 3.89. The van der Waals surface area contributed by atoms with Crippen LogP contribution in [0.5, 0.6) is 0 Å². The van der Waals surface area contributed by atoms with Crippen molar-refractivity contribution < 1.29 is 4.42 Å². The van der Waals surface area contributed by atoms with Crippen molar-refractivity contribution in [3.05, 3.63) is 70.9 Å². The van der Waals surface area contributed by atoms with Gasteiger partial charge in [0.25, 0.3) is 0 Å². The van der Waals surface area contributed by atoms with E-state index in [1.807, 2.05) is 36.4 Å². The lowest BCUT2D eigenvalue weighted by molar-refractivity contribution is 0.575. The Kier molecular flexibility index (Phi) is 4.58. The molecule has 114 valence electrons. The first-order valence-corrected chi connectivity index (χ1v) is 7.50. The van der Waals surface area contributed by atoms with Crippen LogP contribution in [0.4, 0.5) is 0 Å². The Balaban J connectivity index is 1.73. The van der Waals surface area contributed by atoms with Gasteiger partial charge in [0, 0.05) is 22.4 Å². The first-order valence-electron chi connectivity index (χ1n) is 6.71. The van der Waals surface area contributed by atoms with E-state index in [0.29, 0.717) is 11.5 Å². The number of amidine groups is 1. The molecule has 0 aliphatic heterocycles. The Morgan fingerprint density at radius 2 is 1.96 bits per heavy atom. The predicted molar refractivity (Wildman–Crippen MR) is 92.2 cm³/mol. The van der Waals surface area contributed by atoms with Gasteiger partial charge in [0.1, 0.15) is 17.2 Å². The van der Waals surface area contributed by atoms with Crippen LogP contribution in [0.2, 0.25) is 0 Å². The average Bonchev–Trinajstić information content (AvgIpc) is 3.05. The molecule has 2 aromatic heterocycles. The van der Waals surface area contributed by atoms with Crippen LogP contribution in [-0.4, -0.2) is 22.0 Å². The summed E-state index contributed by atoms with van der Waals surface area (Å²) < 4.78 is 6.71. The molecular weight excluding hydrogens is 358 g/mol. The lowest BCUT2D eigenvalue weighted by atomic mass is 10.2. The van der Waals surface area contributed by atoms with Gasteiger partial charge in [-0.15, -0.1) is 5.10 Å². The minimum atomic E-state index is 0.189. The zero-order chi connectivity index (χ0) is 16.1. The molecule has 0 atom stereocenters. The number of rotatable bonds is 4. The van der Waals surface area contributed by atoms with Crippen LogP contribution in [0.25, 0.3) is 11.3 Å². The molecule has 0 amide bonds. The number of furan rings is 1. The first-order chi connectivity index (χ1) is 11.2. The number of nitrogens with two attached hydrogens (primary N) is 1. The van der Waals surface area contributed by atoms with Gasteiger partial charge in [0.2, 0.25) is 0 Å². The lowest BCUT2D eigenvalue weighted by Gasteiger charge is -1.96. The van der Waals surface area contributed by atoms with Crippen molar-refractivity contribution in [2.24, 2.45) is 15.9 Å². The second kappa shape index (κ2) is 6.97. The second-order valence-corrected chi connectivity index (χ2v) is 5.45. The second-order valence-electron chi connectivity index (χ2n) is 4.53. The van der Waals surface area contributed by atoms with Gasteiger partial charge in [0.15, 0.2) is 5.84 Å². The monoisotopic (exact) mass is 369 g/mol. The molecule has 2 N–H and O–H groups in total. The zero-order valence-electron chi connectivity index (χ0n) is 11.9. The Morgan fingerprint density at radius 1 is 1.13 bits per heavy atom. The predicted octanol–water partition coefficient (Wildman–Crippen LogP) is 3.24. The Morgan fingerprint density at radius 3 is 2.70 bits per heavy atom. The van der Waals surface area contributed by atoms with E-state index in [-0.39, 0.29) is 5.84 Å². The maximum atomic E-state index is 5.77. The van der Waals surface area contributed by atoms with E-state index in [9.17, 15) is 0 Å². The van der Waals surface area contributed by atoms with E-state index in [1.54, 1.807) is 12.4 Å². The fourth-order valence-electron chi connectivity index (χ4n) is 1.82. The van der Waals surface area contributed by atoms with Crippen molar-refractivity contribution in [2.45, 2.75) is 0 Å². The van der Waals surface area contributed by atoms with Crippen LogP contribution in [-0.2, 0) is 0 Å². The van der Waals surface area contributed by atoms with Crippen molar-refractivity contribution in [1.82, 2.24) is 9.97 Å².